The number of carbonyl (C=O) groups excluding carboxylic acids is 1. The summed E-state index contributed by atoms with van der Waals surface area (Å²) in [4.78, 5) is 14.4. The zero-order valence-corrected chi connectivity index (χ0v) is 14.8. The van der Waals surface area contributed by atoms with Crippen LogP contribution < -0.4 is 14.8 Å². The SMILES string of the molecule is CCOC[C@@H]1CCCN1C(=O)NCc1cccc(OC)c1OCC. The van der Waals surface area contributed by atoms with Gasteiger partial charge in [0.15, 0.2) is 11.5 Å². The van der Waals surface area contributed by atoms with Crippen molar-refractivity contribution in [3.05, 3.63) is 23.8 Å². The average molecular weight is 336 g/mol. The Morgan fingerprint density at radius 3 is 2.88 bits per heavy atom. The van der Waals surface area contributed by atoms with Gasteiger partial charge < -0.3 is 24.4 Å². The van der Waals surface area contributed by atoms with Gasteiger partial charge in [-0.3, -0.25) is 0 Å². The van der Waals surface area contributed by atoms with Crippen LogP contribution in [0.5, 0.6) is 11.5 Å². The lowest BCUT2D eigenvalue weighted by molar-refractivity contribution is 0.0939. The minimum Gasteiger partial charge on any atom is -0.493 e. The number of urea groups is 1. The Morgan fingerprint density at radius 1 is 1.33 bits per heavy atom. The number of hydrogen-bond acceptors (Lipinski definition) is 4. The van der Waals surface area contributed by atoms with Gasteiger partial charge in [-0.1, -0.05) is 12.1 Å². The maximum absolute atomic E-state index is 12.5. The number of ether oxygens (including phenoxy) is 3. The first-order chi connectivity index (χ1) is 11.7. The van der Waals surface area contributed by atoms with Gasteiger partial charge in [-0.05, 0) is 32.8 Å². The predicted molar refractivity (Wildman–Crippen MR) is 92.6 cm³/mol. The fourth-order valence-corrected chi connectivity index (χ4v) is 2.97. The van der Waals surface area contributed by atoms with E-state index in [0.29, 0.717) is 37.9 Å². The number of rotatable bonds is 8. The van der Waals surface area contributed by atoms with Crippen molar-refractivity contribution in [3.63, 3.8) is 0 Å². The van der Waals surface area contributed by atoms with Crippen molar-refractivity contribution in [1.29, 1.82) is 0 Å². The summed E-state index contributed by atoms with van der Waals surface area (Å²) in [6.45, 7) is 6.91. The standard InChI is InChI=1S/C18H28N2O4/c1-4-23-13-15-9-7-11-20(15)18(21)19-12-14-8-6-10-16(22-3)17(14)24-5-2/h6,8,10,15H,4-5,7,9,11-13H2,1-3H3,(H,19,21)/t15-/m0/s1. The van der Waals surface area contributed by atoms with E-state index in [1.165, 1.54) is 0 Å². The highest BCUT2D eigenvalue weighted by Gasteiger charge is 2.28. The van der Waals surface area contributed by atoms with Crippen LogP contribution in [0.3, 0.4) is 0 Å². The maximum atomic E-state index is 12.5. The van der Waals surface area contributed by atoms with E-state index >= 15 is 0 Å². The smallest absolute Gasteiger partial charge is 0.317 e. The van der Waals surface area contributed by atoms with Crippen LogP contribution >= 0.6 is 0 Å². The molecule has 0 aliphatic carbocycles. The Morgan fingerprint density at radius 2 is 2.17 bits per heavy atom. The molecule has 1 fully saturated rings. The first-order valence-electron chi connectivity index (χ1n) is 8.62. The summed E-state index contributed by atoms with van der Waals surface area (Å²) < 4.78 is 16.5. The molecule has 134 valence electrons. The maximum Gasteiger partial charge on any atom is 0.317 e. The van der Waals surface area contributed by atoms with E-state index in [9.17, 15) is 4.79 Å². The number of carbonyl (C=O) groups is 1. The number of nitrogens with one attached hydrogen (secondary N) is 1. The van der Waals surface area contributed by atoms with Crippen molar-refractivity contribution in [1.82, 2.24) is 10.2 Å². The van der Waals surface area contributed by atoms with E-state index < -0.39 is 0 Å². The van der Waals surface area contributed by atoms with Crippen LogP contribution in [0.4, 0.5) is 4.79 Å². The van der Waals surface area contributed by atoms with E-state index in [-0.39, 0.29) is 12.1 Å². The highest BCUT2D eigenvalue weighted by Crippen LogP contribution is 2.31. The third-order valence-electron chi connectivity index (χ3n) is 4.15. The molecule has 0 saturated carbocycles. The molecule has 1 aromatic carbocycles. The van der Waals surface area contributed by atoms with Gasteiger partial charge in [-0.2, -0.15) is 0 Å². The Labute approximate surface area is 144 Å². The second-order valence-electron chi connectivity index (χ2n) is 5.69. The monoisotopic (exact) mass is 336 g/mol. The molecule has 24 heavy (non-hydrogen) atoms. The van der Waals surface area contributed by atoms with Crippen molar-refractivity contribution in [2.75, 3.05) is 33.5 Å². The van der Waals surface area contributed by atoms with Gasteiger partial charge in [0.25, 0.3) is 0 Å². The highest BCUT2D eigenvalue weighted by molar-refractivity contribution is 5.75. The number of para-hydroxylation sites is 1. The zero-order valence-electron chi connectivity index (χ0n) is 14.8. The van der Waals surface area contributed by atoms with Crippen LogP contribution in [0, 0.1) is 0 Å². The number of methoxy groups -OCH3 is 1. The number of likely N-dealkylation sites (tertiary alicyclic amines) is 1. The Balaban J connectivity index is 1.98. The van der Waals surface area contributed by atoms with Gasteiger partial charge in [-0.15, -0.1) is 0 Å². The largest absolute Gasteiger partial charge is 0.493 e. The molecule has 1 aliphatic rings. The van der Waals surface area contributed by atoms with Crippen LogP contribution in [0.15, 0.2) is 18.2 Å². The molecule has 2 rings (SSSR count). The molecule has 1 aromatic rings. The summed E-state index contributed by atoms with van der Waals surface area (Å²) in [5.74, 6) is 1.37. The fourth-order valence-electron chi connectivity index (χ4n) is 2.97. The second kappa shape index (κ2) is 9.37. The van der Waals surface area contributed by atoms with Crippen molar-refractivity contribution in [3.8, 4) is 11.5 Å². The highest BCUT2D eigenvalue weighted by atomic mass is 16.5. The molecule has 6 heteroatoms. The lowest BCUT2D eigenvalue weighted by atomic mass is 10.2. The van der Waals surface area contributed by atoms with Gasteiger partial charge in [0.05, 0.1) is 26.4 Å². The molecule has 0 spiro atoms. The van der Waals surface area contributed by atoms with E-state index in [1.54, 1.807) is 7.11 Å². The van der Waals surface area contributed by atoms with Crippen LogP contribution in [-0.4, -0.2) is 50.4 Å². The van der Waals surface area contributed by atoms with E-state index in [2.05, 4.69) is 5.32 Å². The van der Waals surface area contributed by atoms with Gasteiger partial charge in [0.1, 0.15) is 0 Å². The number of benzene rings is 1. The molecular formula is C18H28N2O4. The van der Waals surface area contributed by atoms with Crippen molar-refractivity contribution < 1.29 is 19.0 Å². The van der Waals surface area contributed by atoms with E-state index in [1.807, 2.05) is 36.9 Å². The Hall–Kier alpha value is -1.95. The van der Waals surface area contributed by atoms with Gasteiger partial charge >= 0.3 is 6.03 Å². The molecule has 0 bridgehead atoms. The molecule has 6 nitrogen and oxygen atoms in total. The van der Waals surface area contributed by atoms with Gasteiger partial charge in [0, 0.05) is 25.3 Å². The lowest BCUT2D eigenvalue weighted by Gasteiger charge is -2.25. The quantitative estimate of drug-likeness (QED) is 0.793. The third-order valence-corrected chi connectivity index (χ3v) is 4.15. The number of nitrogens with zero attached hydrogens (tertiary/aromatic N) is 1. The molecule has 1 atom stereocenters. The molecule has 0 aromatic heterocycles. The fraction of sp³-hybridized carbons (Fsp3) is 0.611. The molecule has 2 amide bonds. The number of hydrogen-bond donors (Lipinski definition) is 1. The molecule has 1 N–H and O–H groups in total. The Kier molecular flexibility index (Phi) is 7.18. The summed E-state index contributed by atoms with van der Waals surface area (Å²) in [6.07, 6.45) is 2.02. The van der Waals surface area contributed by atoms with Gasteiger partial charge in [-0.25, -0.2) is 4.79 Å². The van der Waals surface area contributed by atoms with Crippen molar-refractivity contribution in [2.24, 2.45) is 0 Å². The minimum atomic E-state index is -0.0533. The first-order valence-corrected chi connectivity index (χ1v) is 8.62. The average Bonchev–Trinajstić information content (AvgIpc) is 3.07. The van der Waals surface area contributed by atoms with Crippen LogP contribution in [-0.2, 0) is 11.3 Å². The van der Waals surface area contributed by atoms with Crippen LogP contribution in [0.25, 0.3) is 0 Å². The normalized spacial score (nSPS) is 17.0. The predicted octanol–water partition coefficient (Wildman–Crippen LogP) is 2.80. The molecular weight excluding hydrogens is 308 g/mol. The summed E-state index contributed by atoms with van der Waals surface area (Å²) in [6, 6.07) is 5.81. The third kappa shape index (κ3) is 4.54. The molecule has 1 heterocycles. The van der Waals surface area contributed by atoms with E-state index in [0.717, 1.165) is 24.9 Å². The van der Waals surface area contributed by atoms with Crippen molar-refractivity contribution in [2.45, 2.75) is 39.3 Å². The zero-order chi connectivity index (χ0) is 17.4. The lowest BCUT2D eigenvalue weighted by Crippen LogP contribution is -2.44. The number of amides is 2. The molecule has 0 unspecified atom stereocenters. The molecule has 1 aliphatic heterocycles. The summed E-state index contributed by atoms with van der Waals surface area (Å²) >= 11 is 0. The Bertz CT molecular complexity index is 536. The first kappa shape index (κ1) is 18.4. The molecule has 0 radical (unpaired) electrons. The summed E-state index contributed by atoms with van der Waals surface area (Å²) in [5.41, 5.74) is 0.908. The van der Waals surface area contributed by atoms with Crippen LogP contribution in [0.1, 0.15) is 32.3 Å². The molecule has 1 saturated heterocycles. The van der Waals surface area contributed by atoms with E-state index in [4.69, 9.17) is 14.2 Å². The van der Waals surface area contributed by atoms with Gasteiger partial charge in [0.2, 0.25) is 0 Å². The topological polar surface area (TPSA) is 60.0 Å². The summed E-state index contributed by atoms with van der Waals surface area (Å²) in [7, 11) is 1.61. The minimum absolute atomic E-state index is 0.0533. The summed E-state index contributed by atoms with van der Waals surface area (Å²) in [5, 5.41) is 2.99. The second-order valence-corrected chi connectivity index (χ2v) is 5.69. The van der Waals surface area contributed by atoms with Crippen molar-refractivity contribution >= 4 is 6.03 Å². The van der Waals surface area contributed by atoms with Crippen LogP contribution in [0.2, 0.25) is 0 Å².